The van der Waals surface area contributed by atoms with Crippen LogP contribution in [0.15, 0.2) is 103 Å². The van der Waals surface area contributed by atoms with Crippen molar-refractivity contribution in [3.63, 3.8) is 0 Å². The van der Waals surface area contributed by atoms with Gasteiger partial charge in [0.25, 0.3) is 0 Å². The Morgan fingerprint density at radius 2 is 0.520 bits per heavy atom. The van der Waals surface area contributed by atoms with Gasteiger partial charge < -0.3 is 35.0 Å². The Morgan fingerprint density at radius 1 is 0.276 bits per heavy atom. The number of unbranched alkanes of at least 4 members (excludes halogenated alkanes) is 6. The normalized spacial score (nSPS) is 14.0. The minimum absolute atomic E-state index is 0.155. The van der Waals surface area contributed by atoms with E-state index < -0.39 is 5.97 Å². The van der Waals surface area contributed by atoms with Crippen molar-refractivity contribution in [2.24, 2.45) is 0 Å². The third kappa shape index (κ3) is 18.6. The van der Waals surface area contributed by atoms with Gasteiger partial charge in [-0.15, -0.1) is 0 Å². The smallest absolute Gasteiger partial charge is 0.335 e. The Morgan fingerprint density at radius 3 is 0.819 bits per heavy atom. The van der Waals surface area contributed by atoms with Crippen LogP contribution in [0, 0.1) is 23.7 Å². The standard InChI is InChI=1S/C113H126N12O2/c1-13-25-31-70(19-7)106-92-47-41-78(114-92)69-79-42-48-93(115-79)107(71(20-8)32-26-14-2)95-58-50-85(117-95)80(84-49-57-94(106)116-84)43-44-81-86-51-59-96(118-86)108(72(21-9)33-27-15-3)98-61-53-88(120-98)82(89-54-62-99(121-89)109(73(22-10)34-28-16-4)97-60-52-87(81)119-97)45-46-83-90-55-63-100(122-90)110(74(23-11)35-29-17-5)102-65-67-104(124-102)112(76-37-39-77(40-38-76)113(126)127)105-68-66-103(125-105)111(75(24-12)36-30-18-6)101-64-56-91(83)123-101/h37-42,47-75,114,117-118,121-122,125H,13-36H2,1-12H3,(H,126,127). The van der Waals surface area contributed by atoms with Gasteiger partial charge in [-0.2, -0.15) is 0 Å². The monoisotopic (exact) mass is 1680 g/mol. The van der Waals surface area contributed by atoms with Crippen molar-refractivity contribution in [2.45, 2.75) is 273 Å². The number of aromatic amines is 6. The average molecular weight is 1680 g/mol. The molecule has 6 aliphatic heterocycles. The third-order valence-electron chi connectivity index (χ3n) is 27.2. The van der Waals surface area contributed by atoms with E-state index >= 15 is 0 Å². The van der Waals surface area contributed by atoms with Gasteiger partial charge in [0.1, 0.15) is 0 Å². The molecular weight excluding hydrogens is 1560 g/mol. The Balaban J connectivity index is 0.967. The van der Waals surface area contributed by atoms with E-state index in [1.54, 1.807) is 12.1 Å². The molecule has 1 aromatic carbocycles. The van der Waals surface area contributed by atoms with E-state index in [4.69, 9.17) is 29.9 Å². The lowest BCUT2D eigenvalue weighted by Crippen LogP contribution is -2.02. The van der Waals surface area contributed by atoms with E-state index in [0.29, 0.717) is 0 Å². The van der Waals surface area contributed by atoms with Gasteiger partial charge in [0.05, 0.1) is 118 Å². The molecule has 16 rings (SSSR count). The van der Waals surface area contributed by atoms with Crippen LogP contribution in [0.4, 0.5) is 0 Å². The molecule has 0 spiro atoms. The minimum atomic E-state index is -0.965. The highest BCUT2D eigenvalue weighted by molar-refractivity contribution is 5.96. The quantitative estimate of drug-likeness (QED) is 0.0201. The van der Waals surface area contributed by atoms with Crippen molar-refractivity contribution >= 4 is 145 Å². The van der Waals surface area contributed by atoms with Crippen LogP contribution in [-0.2, 0) is 0 Å². The highest BCUT2D eigenvalue weighted by Gasteiger charge is 2.28. The maximum Gasteiger partial charge on any atom is 0.335 e. The van der Waals surface area contributed by atoms with Crippen molar-refractivity contribution in [3.05, 3.63) is 233 Å². The summed E-state index contributed by atoms with van der Waals surface area (Å²) in [4.78, 5) is 70.7. The zero-order chi connectivity index (χ0) is 88.2. The zero-order valence-electron chi connectivity index (χ0n) is 76.7. The number of carbonyl (C=O) groups is 1. The first-order valence-electron chi connectivity index (χ1n) is 48.1. The predicted molar refractivity (Wildman–Crippen MR) is 536 cm³/mol. The number of carboxylic acids is 1. The van der Waals surface area contributed by atoms with Crippen molar-refractivity contribution in [3.8, 4) is 34.8 Å². The molecule has 14 heteroatoms. The topological polar surface area (TPSA) is 209 Å². The molecule has 0 saturated carbocycles. The fourth-order valence-electron chi connectivity index (χ4n) is 20.1. The van der Waals surface area contributed by atoms with Crippen LogP contribution >= 0.6 is 0 Å². The maximum absolute atomic E-state index is 12.3. The van der Waals surface area contributed by atoms with Gasteiger partial charge in [0.15, 0.2) is 0 Å². The molecule has 6 aliphatic rings. The first-order chi connectivity index (χ1) is 62.2. The van der Waals surface area contributed by atoms with Crippen molar-refractivity contribution in [1.82, 2.24) is 59.8 Å². The number of aromatic nitrogens is 12. The summed E-state index contributed by atoms with van der Waals surface area (Å²) in [6.45, 7) is 27.5. The molecule has 15 heterocycles. The summed E-state index contributed by atoms with van der Waals surface area (Å²) in [6, 6.07) is 36.0. The molecule has 24 bridgehead atoms. The number of rotatable bonds is 32. The number of aromatic carboxylic acids is 1. The highest BCUT2D eigenvalue weighted by atomic mass is 16.4. The van der Waals surface area contributed by atoms with Crippen molar-refractivity contribution < 1.29 is 9.90 Å². The molecule has 9 aromatic heterocycles. The van der Waals surface area contributed by atoms with E-state index in [1.807, 2.05) is 12.1 Å². The fraction of sp³-hybridized carbons (Fsp3) is 0.372. The van der Waals surface area contributed by atoms with Crippen LogP contribution < -0.4 is 0 Å². The largest absolute Gasteiger partial charge is 0.478 e. The summed E-state index contributed by atoms with van der Waals surface area (Å²) >= 11 is 0. The van der Waals surface area contributed by atoms with E-state index in [2.05, 4.69) is 288 Å². The third-order valence-corrected chi connectivity index (χ3v) is 27.2. The van der Waals surface area contributed by atoms with E-state index in [1.165, 1.54) is 11.1 Å². The van der Waals surface area contributed by atoms with Crippen molar-refractivity contribution in [2.75, 3.05) is 0 Å². The SMILES string of the molecule is CCCCC(CC)c1c2nc(c(C#Cc3c4nc(c(C(CC)CCCC)c5ccc([nH]5)c(C#Cc5c6nc(c(C(CC)CCCC)c7ccc([nH]7)c(-c7ccc(C(=O)O)cc7)c7nc(c(C(CC)CCCC)c8ccc5[nH]8)C=C7)C=C6)c5nc(c(C(CC)CCCC)c6ccc3[nH]6)C=C5)C=C4)c3ccc([nH]3)c(C(CC)CCCC)c3nc(cc4ccc1[nH]4)C=C3)C=C2. The molecule has 7 N–H and O–H groups in total. The molecular formula is C113H126N12O2. The second-order valence-electron chi connectivity index (χ2n) is 35.5. The number of hydrogen-bond donors (Lipinski definition) is 7. The summed E-state index contributed by atoms with van der Waals surface area (Å²) in [6.07, 6.45) is 50.9. The molecule has 6 unspecified atom stereocenters. The van der Waals surface area contributed by atoms with E-state index in [0.717, 1.165) is 344 Å². The van der Waals surface area contributed by atoms with Crippen molar-refractivity contribution in [1.29, 1.82) is 0 Å². The molecule has 14 nitrogen and oxygen atoms in total. The van der Waals surface area contributed by atoms with Gasteiger partial charge in [0, 0.05) is 83.1 Å². The molecule has 0 fully saturated rings. The van der Waals surface area contributed by atoms with Crippen LogP contribution in [0.1, 0.15) is 407 Å². The van der Waals surface area contributed by atoms with Gasteiger partial charge in [-0.05, 0) is 282 Å². The van der Waals surface area contributed by atoms with Crippen LogP contribution in [0.5, 0.6) is 0 Å². The van der Waals surface area contributed by atoms with Crippen LogP contribution in [0.3, 0.4) is 0 Å². The van der Waals surface area contributed by atoms with Gasteiger partial charge in [0.2, 0.25) is 0 Å². The molecule has 0 radical (unpaired) electrons. The van der Waals surface area contributed by atoms with Gasteiger partial charge in [-0.1, -0.05) is 196 Å². The molecule has 0 amide bonds. The summed E-state index contributed by atoms with van der Waals surface area (Å²) in [5, 5.41) is 10.1. The number of hydrogen-bond acceptors (Lipinski definition) is 7. The Kier molecular flexibility index (Phi) is 28.1. The molecule has 127 heavy (non-hydrogen) atoms. The second kappa shape index (κ2) is 40.5. The lowest BCUT2D eigenvalue weighted by molar-refractivity contribution is 0.0696. The Hall–Kier alpha value is -12.4. The lowest BCUT2D eigenvalue weighted by atomic mass is 9.90. The Labute approximate surface area is 750 Å². The summed E-state index contributed by atoms with van der Waals surface area (Å²) in [5.41, 5.74) is 34.1. The van der Waals surface area contributed by atoms with Crippen LogP contribution in [-0.4, -0.2) is 70.9 Å². The molecule has 0 saturated heterocycles. The van der Waals surface area contributed by atoms with Gasteiger partial charge in [-0.3, -0.25) is 0 Å². The summed E-state index contributed by atoms with van der Waals surface area (Å²) in [5.74, 6) is 16.0. The van der Waals surface area contributed by atoms with Gasteiger partial charge in [-0.25, -0.2) is 34.7 Å². The minimum Gasteiger partial charge on any atom is -0.478 e. The fourth-order valence-corrected chi connectivity index (χ4v) is 20.1. The maximum atomic E-state index is 12.3. The number of benzene rings is 1. The Bertz CT molecular complexity index is 6630. The predicted octanol–water partition coefficient (Wildman–Crippen LogP) is 30.9. The number of fused-ring (bicyclic) bond motifs is 24. The van der Waals surface area contributed by atoms with Crippen LogP contribution in [0.25, 0.3) is 150 Å². The number of nitrogens with zero attached hydrogens (tertiary/aromatic N) is 6. The van der Waals surface area contributed by atoms with E-state index in [9.17, 15) is 9.90 Å². The zero-order valence-corrected chi connectivity index (χ0v) is 76.7. The number of carboxylic acid groups (broad SMARTS) is 1. The number of nitrogens with one attached hydrogen (secondary N) is 6. The number of H-pyrrole nitrogens is 6. The molecule has 10 aromatic rings. The molecule has 0 aliphatic carbocycles. The first-order valence-corrected chi connectivity index (χ1v) is 48.1. The molecule has 650 valence electrons. The summed E-state index contributed by atoms with van der Waals surface area (Å²) in [7, 11) is 0. The summed E-state index contributed by atoms with van der Waals surface area (Å²) < 4.78 is 0. The lowest BCUT2D eigenvalue weighted by Gasteiger charge is -2.16. The highest BCUT2D eigenvalue weighted by Crippen LogP contribution is 2.44. The van der Waals surface area contributed by atoms with E-state index in [-0.39, 0.29) is 41.1 Å². The van der Waals surface area contributed by atoms with Gasteiger partial charge >= 0.3 is 5.97 Å². The average Bonchev–Trinajstić information content (AvgIpc) is 1.63. The first kappa shape index (κ1) is 88.1. The molecule has 6 atom stereocenters. The van der Waals surface area contributed by atoms with Crippen LogP contribution in [0.2, 0.25) is 0 Å². The second-order valence-corrected chi connectivity index (χ2v) is 35.5.